The summed E-state index contributed by atoms with van der Waals surface area (Å²) in [6, 6.07) is 12.2. The summed E-state index contributed by atoms with van der Waals surface area (Å²) >= 11 is 6.17. The van der Waals surface area contributed by atoms with Crippen LogP contribution < -0.4 is 4.74 Å². The van der Waals surface area contributed by atoms with E-state index in [4.69, 9.17) is 20.9 Å². The highest BCUT2D eigenvalue weighted by Crippen LogP contribution is 2.31. The van der Waals surface area contributed by atoms with E-state index in [-0.39, 0.29) is 30.7 Å². The average molecular weight is 443 g/mol. The Hall–Kier alpha value is -2.86. The van der Waals surface area contributed by atoms with Gasteiger partial charge in [-0.2, -0.15) is 0 Å². The first kappa shape index (κ1) is 21.4. The quantitative estimate of drug-likeness (QED) is 0.469. The van der Waals surface area contributed by atoms with Crippen LogP contribution in [0.1, 0.15) is 41.0 Å². The number of rotatable bonds is 8. The van der Waals surface area contributed by atoms with Crippen LogP contribution in [0.15, 0.2) is 47.0 Å². The summed E-state index contributed by atoms with van der Waals surface area (Å²) in [5, 5.41) is 4.27. The summed E-state index contributed by atoms with van der Waals surface area (Å²) in [5.74, 6) is 1.03. The van der Waals surface area contributed by atoms with Crippen LogP contribution in [0.2, 0.25) is 5.02 Å². The van der Waals surface area contributed by atoms with Crippen LogP contribution >= 0.6 is 11.6 Å². The Balaban J connectivity index is 1.39. The van der Waals surface area contributed by atoms with E-state index in [0.29, 0.717) is 22.9 Å². The lowest BCUT2D eigenvalue weighted by molar-refractivity contribution is -0.131. The highest BCUT2D eigenvalue weighted by molar-refractivity contribution is 6.31. The number of nitrogens with zero attached hydrogens (tertiary/aromatic N) is 2. The summed E-state index contributed by atoms with van der Waals surface area (Å²) < 4.78 is 25.2. The number of carbonyl (C=O) groups is 1. The van der Waals surface area contributed by atoms with Crippen molar-refractivity contribution in [1.29, 1.82) is 0 Å². The summed E-state index contributed by atoms with van der Waals surface area (Å²) in [4.78, 5) is 14.7. The second-order valence-corrected chi connectivity index (χ2v) is 8.27. The van der Waals surface area contributed by atoms with E-state index >= 15 is 0 Å². The monoisotopic (exact) mass is 442 g/mol. The zero-order chi connectivity index (χ0) is 22.0. The molecule has 1 amide bonds. The molecule has 3 aromatic rings. The van der Waals surface area contributed by atoms with E-state index in [1.165, 1.54) is 6.07 Å². The van der Waals surface area contributed by atoms with Crippen molar-refractivity contribution in [2.24, 2.45) is 0 Å². The molecule has 0 bridgehead atoms. The molecule has 0 aliphatic heterocycles. The predicted octanol–water partition coefficient (Wildman–Crippen LogP) is 5.40. The summed E-state index contributed by atoms with van der Waals surface area (Å²) in [6.45, 7) is 4.30. The molecule has 4 rings (SSSR count). The molecule has 0 atom stereocenters. The number of ether oxygens (including phenoxy) is 1. The van der Waals surface area contributed by atoms with Gasteiger partial charge in [-0.1, -0.05) is 35.0 Å². The number of aryl methyl sites for hydroxylation is 2. The Morgan fingerprint density at radius 2 is 1.94 bits per heavy atom. The van der Waals surface area contributed by atoms with Crippen LogP contribution in [0, 0.1) is 19.7 Å². The third-order valence-electron chi connectivity index (χ3n) is 5.54. The number of amides is 1. The predicted molar refractivity (Wildman–Crippen MR) is 115 cm³/mol. The van der Waals surface area contributed by atoms with Gasteiger partial charge in [0.05, 0.1) is 24.2 Å². The van der Waals surface area contributed by atoms with Crippen molar-refractivity contribution in [2.45, 2.75) is 52.3 Å². The zero-order valence-corrected chi connectivity index (χ0v) is 18.3. The molecule has 1 fully saturated rings. The van der Waals surface area contributed by atoms with Gasteiger partial charge in [0, 0.05) is 16.6 Å². The SMILES string of the molecule is Cc1noc(C)c1COc1ccc(CC(=O)N(Cc2c(F)cccc2Cl)C2CC2)cc1. The molecule has 2 aromatic carbocycles. The first-order valence-electron chi connectivity index (χ1n) is 10.3. The molecular weight excluding hydrogens is 419 g/mol. The lowest BCUT2D eigenvalue weighted by Crippen LogP contribution is -2.34. The third kappa shape index (κ3) is 5.07. The molecule has 7 heteroatoms. The molecule has 0 saturated heterocycles. The Kier molecular flexibility index (Phi) is 6.28. The van der Waals surface area contributed by atoms with E-state index in [1.807, 2.05) is 38.1 Å². The Labute approximate surface area is 185 Å². The Bertz CT molecular complexity index is 1040. The van der Waals surface area contributed by atoms with Gasteiger partial charge in [0.25, 0.3) is 0 Å². The van der Waals surface area contributed by atoms with Gasteiger partial charge in [0.2, 0.25) is 5.91 Å². The van der Waals surface area contributed by atoms with Crippen LogP contribution in [0.3, 0.4) is 0 Å². The van der Waals surface area contributed by atoms with E-state index in [0.717, 1.165) is 35.4 Å². The van der Waals surface area contributed by atoms with Gasteiger partial charge in [0.1, 0.15) is 23.9 Å². The Morgan fingerprint density at radius 1 is 1.19 bits per heavy atom. The number of carbonyl (C=O) groups excluding carboxylic acids is 1. The minimum atomic E-state index is -0.384. The van der Waals surface area contributed by atoms with Crippen LogP contribution in [-0.4, -0.2) is 22.0 Å². The van der Waals surface area contributed by atoms with Crippen LogP contribution in [0.25, 0.3) is 0 Å². The minimum absolute atomic E-state index is 0.0359. The van der Waals surface area contributed by atoms with Crippen molar-refractivity contribution < 1.29 is 18.4 Å². The van der Waals surface area contributed by atoms with Gasteiger partial charge in [-0.05, 0) is 56.5 Å². The maximum atomic E-state index is 14.2. The van der Waals surface area contributed by atoms with E-state index in [2.05, 4.69) is 5.16 Å². The molecule has 5 nitrogen and oxygen atoms in total. The summed E-state index contributed by atoms with van der Waals surface area (Å²) in [5.41, 5.74) is 2.99. The van der Waals surface area contributed by atoms with E-state index in [1.54, 1.807) is 17.0 Å². The molecule has 1 saturated carbocycles. The molecule has 0 radical (unpaired) electrons. The van der Waals surface area contributed by atoms with Crippen molar-refractivity contribution in [3.05, 3.63) is 81.4 Å². The van der Waals surface area contributed by atoms with Crippen LogP contribution in [-0.2, 0) is 24.4 Å². The van der Waals surface area contributed by atoms with Crippen LogP contribution in [0.5, 0.6) is 5.75 Å². The van der Waals surface area contributed by atoms with Gasteiger partial charge in [-0.3, -0.25) is 4.79 Å². The maximum absolute atomic E-state index is 14.2. The highest BCUT2D eigenvalue weighted by atomic mass is 35.5. The summed E-state index contributed by atoms with van der Waals surface area (Å²) in [6.07, 6.45) is 2.12. The second-order valence-electron chi connectivity index (χ2n) is 7.87. The lowest BCUT2D eigenvalue weighted by Gasteiger charge is -2.23. The lowest BCUT2D eigenvalue weighted by atomic mass is 10.1. The van der Waals surface area contributed by atoms with Crippen molar-refractivity contribution >= 4 is 17.5 Å². The molecule has 1 heterocycles. The fourth-order valence-corrected chi connectivity index (χ4v) is 3.73. The average Bonchev–Trinajstić information content (AvgIpc) is 3.53. The van der Waals surface area contributed by atoms with Gasteiger partial charge >= 0.3 is 0 Å². The molecule has 31 heavy (non-hydrogen) atoms. The standard InChI is InChI=1S/C24H24ClFN2O3/c1-15-21(16(2)31-27-15)14-30-19-10-6-17(7-11-19)12-24(29)28(18-8-9-18)13-20-22(25)4-3-5-23(20)26/h3-7,10-11,18H,8-9,12-14H2,1-2H3. The fraction of sp³-hybridized carbons (Fsp3) is 0.333. The number of hydrogen-bond donors (Lipinski definition) is 0. The number of halogens is 2. The fourth-order valence-electron chi connectivity index (χ4n) is 3.50. The highest BCUT2D eigenvalue weighted by Gasteiger charge is 2.33. The van der Waals surface area contributed by atoms with Gasteiger partial charge in [-0.25, -0.2) is 4.39 Å². The molecule has 1 aromatic heterocycles. The first-order chi connectivity index (χ1) is 14.9. The van der Waals surface area contributed by atoms with Gasteiger partial charge in [0.15, 0.2) is 0 Å². The van der Waals surface area contributed by atoms with Gasteiger partial charge < -0.3 is 14.2 Å². The smallest absolute Gasteiger partial charge is 0.227 e. The molecule has 0 N–H and O–H groups in total. The molecule has 1 aliphatic rings. The van der Waals surface area contributed by atoms with Crippen molar-refractivity contribution in [1.82, 2.24) is 10.1 Å². The molecule has 1 aliphatic carbocycles. The number of benzene rings is 2. The van der Waals surface area contributed by atoms with E-state index < -0.39 is 0 Å². The number of aromatic nitrogens is 1. The van der Waals surface area contributed by atoms with Crippen molar-refractivity contribution in [3.8, 4) is 5.75 Å². The maximum Gasteiger partial charge on any atom is 0.227 e. The minimum Gasteiger partial charge on any atom is -0.489 e. The molecular formula is C24H24ClFN2O3. The zero-order valence-electron chi connectivity index (χ0n) is 17.5. The Morgan fingerprint density at radius 3 is 2.55 bits per heavy atom. The second kappa shape index (κ2) is 9.10. The first-order valence-corrected chi connectivity index (χ1v) is 10.7. The van der Waals surface area contributed by atoms with Crippen molar-refractivity contribution in [3.63, 3.8) is 0 Å². The van der Waals surface area contributed by atoms with E-state index in [9.17, 15) is 9.18 Å². The van der Waals surface area contributed by atoms with Gasteiger partial charge in [-0.15, -0.1) is 0 Å². The summed E-state index contributed by atoms with van der Waals surface area (Å²) in [7, 11) is 0. The topological polar surface area (TPSA) is 55.6 Å². The van der Waals surface area contributed by atoms with Crippen LogP contribution in [0.4, 0.5) is 4.39 Å². The number of hydrogen-bond acceptors (Lipinski definition) is 4. The van der Waals surface area contributed by atoms with Crippen molar-refractivity contribution in [2.75, 3.05) is 0 Å². The normalized spacial score (nSPS) is 13.3. The molecule has 0 unspecified atom stereocenters. The molecule has 162 valence electrons. The molecule has 0 spiro atoms. The largest absolute Gasteiger partial charge is 0.489 e. The third-order valence-corrected chi connectivity index (χ3v) is 5.90.